The Morgan fingerprint density at radius 2 is 1.59 bits per heavy atom. The molecule has 2 aromatic carbocycles. The van der Waals surface area contributed by atoms with E-state index < -0.39 is 0 Å². The minimum Gasteiger partial charge on any atom is -0.392 e. The Labute approximate surface area is 101 Å². The number of rotatable bonds is 3. The van der Waals surface area contributed by atoms with Gasteiger partial charge in [0.15, 0.2) is 0 Å². The summed E-state index contributed by atoms with van der Waals surface area (Å²) < 4.78 is 0. The summed E-state index contributed by atoms with van der Waals surface area (Å²) in [4.78, 5) is 0. The van der Waals surface area contributed by atoms with Crippen molar-refractivity contribution in [3.05, 3.63) is 70.8 Å². The maximum absolute atomic E-state index is 9.00. The number of nitriles is 1. The molecule has 2 aromatic rings. The first kappa shape index (κ1) is 11.4. The number of hydrogen-bond donors (Lipinski definition) is 1. The van der Waals surface area contributed by atoms with Gasteiger partial charge in [0.05, 0.1) is 18.2 Å². The number of nitrogens with zero attached hydrogens (tertiary/aromatic N) is 1. The largest absolute Gasteiger partial charge is 0.392 e. The predicted octanol–water partition coefficient (Wildman–Crippen LogP) is 2.64. The van der Waals surface area contributed by atoms with E-state index in [2.05, 4.69) is 6.07 Å². The number of aliphatic hydroxyl groups is 1. The average molecular weight is 223 g/mol. The lowest BCUT2D eigenvalue weighted by Crippen LogP contribution is -1.92. The van der Waals surface area contributed by atoms with Crippen LogP contribution in [0.4, 0.5) is 0 Å². The second kappa shape index (κ2) is 5.29. The fraction of sp³-hybridized carbons (Fsp3) is 0.133. The summed E-state index contributed by atoms with van der Waals surface area (Å²) in [5.41, 5.74) is 3.80. The average Bonchev–Trinajstić information content (AvgIpc) is 2.40. The van der Waals surface area contributed by atoms with Crippen molar-refractivity contribution in [1.29, 1.82) is 5.26 Å². The smallest absolute Gasteiger partial charge is 0.0994 e. The van der Waals surface area contributed by atoms with Gasteiger partial charge in [-0.3, -0.25) is 0 Å². The lowest BCUT2D eigenvalue weighted by molar-refractivity contribution is 0.282. The standard InChI is InChI=1S/C15H13NO/c16-10-15-4-2-1-3-14(15)9-12-5-7-13(11-17)8-6-12/h1-8,17H,9,11H2. The lowest BCUT2D eigenvalue weighted by Gasteiger charge is -2.04. The Morgan fingerprint density at radius 3 is 2.24 bits per heavy atom. The highest BCUT2D eigenvalue weighted by atomic mass is 16.3. The summed E-state index contributed by atoms with van der Waals surface area (Å²) in [5, 5.41) is 18.0. The van der Waals surface area contributed by atoms with Crippen molar-refractivity contribution in [2.45, 2.75) is 13.0 Å². The summed E-state index contributed by atoms with van der Waals surface area (Å²) in [6.07, 6.45) is 0.745. The minimum atomic E-state index is 0.0645. The van der Waals surface area contributed by atoms with Gasteiger partial charge in [-0.1, -0.05) is 42.5 Å². The quantitative estimate of drug-likeness (QED) is 0.869. The van der Waals surface area contributed by atoms with Gasteiger partial charge in [-0.05, 0) is 29.2 Å². The second-order valence-corrected chi connectivity index (χ2v) is 3.92. The molecule has 84 valence electrons. The Balaban J connectivity index is 2.23. The van der Waals surface area contributed by atoms with Gasteiger partial charge in [0.1, 0.15) is 0 Å². The highest BCUT2D eigenvalue weighted by Crippen LogP contribution is 2.14. The van der Waals surface area contributed by atoms with Gasteiger partial charge < -0.3 is 5.11 Å². The molecule has 2 nitrogen and oxygen atoms in total. The van der Waals surface area contributed by atoms with E-state index in [0.717, 1.165) is 28.7 Å². The molecule has 0 aliphatic carbocycles. The predicted molar refractivity (Wildman–Crippen MR) is 66.3 cm³/mol. The maximum atomic E-state index is 9.00. The first-order valence-corrected chi connectivity index (χ1v) is 5.50. The summed E-state index contributed by atoms with van der Waals surface area (Å²) in [7, 11) is 0. The third-order valence-corrected chi connectivity index (χ3v) is 2.74. The number of benzene rings is 2. The van der Waals surface area contributed by atoms with Crippen molar-refractivity contribution in [3.8, 4) is 6.07 Å². The summed E-state index contributed by atoms with van der Waals surface area (Å²) in [6.45, 7) is 0.0645. The fourth-order valence-electron chi connectivity index (χ4n) is 1.77. The van der Waals surface area contributed by atoms with Crippen molar-refractivity contribution in [1.82, 2.24) is 0 Å². The van der Waals surface area contributed by atoms with Crippen LogP contribution in [0.3, 0.4) is 0 Å². The Hall–Kier alpha value is -2.11. The van der Waals surface area contributed by atoms with Crippen LogP contribution < -0.4 is 0 Å². The Kier molecular flexibility index (Phi) is 3.54. The van der Waals surface area contributed by atoms with Crippen LogP contribution in [0, 0.1) is 11.3 Å². The molecule has 2 heteroatoms. The molecule has 0 amide bonds. The van der Waals surface area contributed by atoms with E-state index in [1.54, 1.807) is 0 Å². The first-order chi connectivity index (χ1) is 8.33. The molecule has 0 fully saturated rings. The molecule has 0 heterocycles. The monoisotopic (exact) mass is 223 g/mol. The summed E-state index contributed by atoms with van der Waals surface area (Å²) in [5.74, 6) is 0. The lowest BCUT2D eigenvalue weighted by atomic mass is 10.00. The van der Waals surface area contributed by atoms with Crippen LogP contribution in [0.15, 0.2) is 48.5 Å². The van der Waals surface area contributed by atoms with Crippen LogP contribution in [0.1, 0.15) is 22.3 Å². The fourth-order valence-corrected chi connectivity index (χ4v) is 1.77. The molecule has 2 rings (SSSR count). The second-order valence-electron chi connectivity index (χ2n) is 3.92. The number of hydrogen-bond acceptors (Lipinski definition) is 2. The van der Waals surface area contributed by atoms with Crippen LogP contribution in [0.5, 0.6) is 0 Å². The Morgan fingerprint density at radius 1 is 0.941 bits per heavy atom. The van der Waals surface area contributed by atoms with Gasteiger partial charge in [0, 0.05) is 0 Å². The van der Waals surface area contributed by atoms with E-state index in [-0.39, 0.29) is 6.61 Å². The van der Waals surface area contributed by atoms with Crippen molar-refractivity contribution in [2.24, 2.45) is 0 Å². The Bertz CT molecular complexity index is 538. The third kappa shape index (κ3) is 2.72. The highest BCUT2D eigenvalue weighted by Gasteiger charge is 2.02. The zero-order valence-corrected chi connectivity index (χ0v) is 9.43. The molecular formula is C15H13NO. The van der Waals surface area contributed by atoms with Gasteiger partial charge in [0.25, 0.3) is 0 Å². The van der Waals surface area contributed by atoms with Crippen LogP contribution in [0.25, 0.3) is 0 Å². The first-order valence-electron chi connectivity index (χ1n) is 5.50. The van der Waals surface area contributed by atoms with Gasteiger partial charge in [-0.15, -0.1) is 0 Å². The van der Waals surface area contributed by atoms with Crippen LogP contribution in [-0.4, -0.2) is 5.11 Å². The van der Waals surface area contributed by atoms with Crippen LogP contribution in [-0.2, 0) is 13.0 Å². The van der Waals surface area contributed by atoms with E-state index in [1.165, 1.54) is 0 Å². The zero-order chi connectivity index (χ0) is 12.1. The van der Waals surface area contributed by atoms with E-state index >= 15 is 0 Å². The molecule has 0 saturated heterocycles. The van der Waals surface area contributed by atoms with Gasteiger partial charge in [-0.2, -0.15) is 5.26 Å². The van der Waals surface area contributed by atoms with E-state index in [1.807, 2.05) is 48.5 Å². The van der Waals surface area contributed by atoms with Crippen molar-refractivity contribution in [3.63, 3.8) is 0 Å². The molecule has 0 aliphatic rings. The van der Waals surface area contributed by atoms with Crippen LogP contribution in [0.2, 0.25) is 0 Å². The molecule has 0 unspecified atom stereocenters. The van der Waals surface area contributed by atoms with Crippen molar-refractivity contribution < 1.29 is 5.11 Å². The van der Waals surface area contributed by atoms with E-state index in [0.29, 0.717) is 0 Å². The highest BCUT2D eigenvalue weighted by molar-refractivity contribution is 5.40. The molecule has 0 aliphatic heterocycles. The van der Waals surface area contributed by atoms with E-state index in [9.17, 15) is 0 Å². The molecule has 0 saturated carbocycles. The van der Waals surface area contributed by atoms with Gasteiger partial charge >= 0.3 is 0 Å². The molecule has 0 radical (unpaired) electrons. The van der Waals surface area contributed by atoms with E-state index in [4.69, 9.17) is 10.4 Å². The van der Waals surface area contributed by atoms with Gasteiger partial charge in [0.2, 0.25) is 0 Å². The molecule has 0 bridgehead atoms. The molecule has 0 atom stereocenters. The van der Waals surface area contributed by atoms with Crippen molar-refractivity contribution in [2.75, 3.05) is 0 Å². The number of aliphatic hydroxyl groups excluding tert-OH is 1. The molecule has 1 N–H and O–H groups in total. The molecule has 0 spiro atoms. The SMILES string of the molecule is N#Cc1ccccc1Cc1ccc(CO)cc1. The minimum absolute atomic E-state index is 0.0645. The zero-order valence-electron chi connectivity index (χ0n) is 9.43. The maximum Gasteiger partial charge on any atom is 0.0994 e. The summed E-state index contributed by atoms with van der Waals surface area (Å²) >= 11 is 0. The summed E-state index contributed by atoms with van der Waals surface area (Å²) in [6, 6.07) is 17.6. The molecule has 17 heavy (non-hydrogen) atoms. The van der Waals surface area contributed by atoms with Crippen molar-refractivity contribution >= 4 is 0 Å². The van der Waals surface area contributed by atoms with Crippen LogP contribution >= 0.6 is 0 Å². The van der Waals surface area contributed by atoms with Gasteiger partial charge in [-0.25, -0.2) is 0 Å². The normalized spacial score (nSPS) is 9.88. The topological polar surface area (TPSA) is 44.0 Å². The molecular weight excluding hydrogens is 210 g/mol. The third-order valence-electron chi connectivity index (χ3n) is 2.74. The molecule has 0 aromatic heterocycles.